The van der Waals surface area contributed by atoms with Crippen LogP contribution in [0, 0.1) is 6.92 Å². The van der Waals surface area contributed by atoms with E-state index >= 15 is 0 Å². The second-order valence-corrected chi connectivity index (χ2v) is 4.43. The maximum absolute atomic E-state index is 12.2. The van der Waals surface area contributed by atoms with Crippen LogP contribution in [0.4, 0.5) is 11.5 Å². The number of rotatable bonds is 5. The van der Waals surface area contributed by atoms with Crippen molar-refractivity contribution in [3.63, 3.8) is 0 Å². The van der Waals surface area contributed by atoms with Gasteiger partial charge >= 0.3 is 0 Å². The third-order valence-electron chi connectivity index (χ3n) is 2.66. The summed E-state index contributed by atoms with van der Waals surface area (Å²) in [6.07, 6.45) is 0.995. The van der Waals surface area contributed by atoms with Gasteiger partial charge in [0.1, 0.15) is 17.3 Å². The van der Waals surface area contributed by atoms with E-state index in [-0.39, 0.29) is 5.91 Å². The Bertz CT molecular complexity index is 584. The van der Waals surface area contributed by atoms with Crippen LogP contribution in [0.15, 0.2) is 36.4 Å². The number of aryl methyl sites for hydroxylation is 1. The zero-order valence-electron chi connectivity index (χ0n) is 11.7. The third-order valence-corrected chi connectivity index (χ3v) is 2.66. The van der Waals surface area contributed by atoms with E-state index in [1.165, 1.54) is 0 Å². The zero-order chi connectivity index (χ0) is 14.4. The van der Waals surface area contributed by atoms with Gasteiger partial charge in [0.05, 0.1) is 0 Å². The fourth-order valence-corrected chi connectivity index (χ4v) is 1.74. The summed E-state index contributed by atoms with van der Waals surface area (Å²) < 4.78 is 0. The summed E-state index contributed by atoms with van der Waals surface area (Å²) >= 11 is 0. The monoisotopic (exact) mass is 270 g/mol. The standard InChI is InChI=1S/C15H18N4O/c1-3-9-16-14-10-13(17-11(2)18-14)15(20)19-12-7-5-4-6-8-12/h4-8,10H,3,9H2,1-2H3,(H,19,20)(H,16,17,18). The van der Waals surface area contributed by atoms with Gasteiger partial charge < -0.3 is 10.6 Å². The van der Waals surface area contributed by atoms with Crippen molar-refractivity contribution in [2.24, 2.45) is 0 Å². The highest BCUT2D eigenvalue weighted by Crippen LogP contribution is 2.10. The molecule has 0 radical (unpaired) electrons. The molecule has 0 bridgehead atoms. The van der Waals surface area contributed by atoms with Crippen molar-refractivity contribution in [1.29, 1.82) is 0 Å². The normalized spacial score (nSPS) is 10.1. The molecule has 0 aliphatic carbocycles. The molecule has 5 nitrogen and oxygen atoms in total. The lowest BCUT2D eigenvalue weighted by Gasteiger charge is -2.08. The summed E-state index contributed by atoms with van der Waals surface area (Å²) in [4.78, 5) is 20.6. The Morgan fingerprint density at radius 1 is 1.20 bits per heavy atom. The number of hydrogen-bond donors (Lipinski definition) is 2. The van der Waals surface area contributed by atoms with E-state index in [0.717, 1.165) is 18.7 Å². The van der Waals surface area contributed by atoms with Crippen molar-refractivity contribution in [3.05, 3.63) is 47.9 Å². The topological polar surface area (TPSA) is 66.9 Å². The Hall–Kier alpha value is -2.43. The lowest BCUT2D eigenvalue weighted by molar-refractivity contribution is 0.102. The number of carbonyl (C=O) groups is 1. The van der Waals surface area contributed by atoms with Crippen LogP contribution in [0.3, 0.4) is 0 Å². The Morgan fingerprint density at radius 3 is 2.65 bits per heavy atom. The highest BCUT2D eigenvalue weighted by Gasteiger charge is 2.10. The van der Waals surface area contributed by atoms with Crippen LogP contribution in [-0.4, -0.2) is 22.4 Å². The van der Waals surface area contributed by atoms with Gasteiger partial charge in [0.2, 0.25) is 0 Å². The summed E-state index contributed by atoms with van der Waals surface area (Å²) in [5.41, 5.74) is 1.11. The number of amides is 1. The van der Waals surface area contributed by atoms with Crippen molar-refractivity contribution in [2.45, 2.75) is 20.3 Å². The minimum absolute atomic E-state index is 0.235. The van der Waals surface area contributed by atoms with Crippen molar-refractivity contribution in [1.82, 2.24) is 9.97 Å². The first-order chi connectivity index (χ1) is 9.69. The quantitative estimate of drug-likeness (QED) is 0.876. The van der Waals surface area contributed by atoms with E-state index in [1.54, 1.807) is 13.0 Å². The first-order valence-electron chi connectivity index (χ1n) is 6.65. The molecule has 0 spiro atoms. The largest absolute Gasteiger partial charge is 0.370 e. The van der Waals surface area contributed by atoms with Crippen LogP contribution >= 0.6 is 0 Å². The molecule has 1 amide bonds. The van der Waals surface area contributed by atoms with Gasteiger partial charge in [0, 0.05) is 18.3 Å². The Kier molecular flexibility index (Phi) is 4.65. The molecule has 5 heteroatoms. The molecule has 1 aromatic heterocycles. The number of para-hydroxylation sites is 1. The molecule has 0 saturated carbocycles. The Morgan fingerprint density at radius 2 is 1.95 bits per heavy atom. The van der Waals surface area contributed by atoms with E-state index in [2.05, 4.69) is 27.5 Å². The van der Waals surface area contributed by atoms with E-state index in [0.29, 0.717) is 17.3 Å². The molecule has 2 rings (SSSR count). The van der Waals surface area contributed by atoms with E-state index in [1.807, 2.05) is 30.3 Å². The lowest BCUT2D eigenvalue weighted by Crippen LogP contribution is -2.16. The molecule has 0 fully saturated rings. The Balaban J connectivity index is 2.15. The smallest absolute Gasteiger partial charge is 0.274 e. The summed E-state index contributed by atoms with van der Waals surface area (Å²) in [6.45, 7) is 4.66. The molecule has 0 unspecified atom stereocenters. The highest BCUT2D eigenvalue weighted by atomic mass is 16.1. The van der Waals surface area contributed by atoms with Crippen LogP contribution in [0.1, 0.15) is 29.7 Å². The molecule has 0 aliphatic heterocycles. The number of nitrogens with one attached hydrogen (secondary N) is 2. The minimum Gasteiger partial charge on any atom is -0.370 e. The van der Waals surface area contributed by atoms with E-state index in [4.69, 9.17) is 0 Å². The fourth-order valence-electron chi connectivity index (χ4n) is 1.74. The second-order valence-electron chi connectivity index (χ2n) is 4.43. The maximum Gasteiger partial charge on any atom is 0.274 e. The van der Waals surface area contributed by atoms with E-state index in [9.17, 15) is 4.79 Å². The molecule has 1 aromatic carbocycles. The summed E-state index contributed by atoms with van der Waals surface area (Å²) in [5.74, 6) is 1.02. The van der Waals surface area contributed by atoms with Gasteiger partial charge in [0.25, 0.3) is 5.91 Å². The van der Waals surface area contributed by atoms with Crippen molar-refractivity contribution >= 4 is 17.4 Å². The fraction of sp³-hybridized carbons (Fsp3) is 0.267. The van der Waals surface area contributed by atoms with Gasteiger partial charge in [-0.05, 0) is 25.5 Å². The number of aromatic nitrogens is 2. The van der Waals surface area contributed by atoms with Gasteiger partial charge in [-0.15, -0.1) is 0 Å². The van der Waals surface area contributed by atoms with Crippen LogP contribution in [-0.2, 0) is 0 Å². The number of carbonyl (C=O) groups excluding carboxylic acids is 1. The van der Waals surface area contributed by atoms with Gasteiger partial charge in [-0.2, -0.15) is 0 Å². The van der Waals surface area contributed by atoms with Gasteiger partial charge in [-0.25, -0.2) is 9.97 Å². The average Bonchev–Trinajstić information content (AvgIpc) is 2.45. The molecule has 1 heterocycles. The highest BCUT2D eigenvalue weighted by molar-refractivity contribution is 6.03. The second kappa shape index (κ2) is 6.65. The van der Waals surface area contributed by atoms with Crippen molar-refractivity contribution in [3.8, 4) is 0 Å². The summed E-state index contributed by atoms with van der Waals surface area (Å²) in [7, 11) is 0. The molecule has 0 saturated heterocycles. The van der Waals surface area contributed by atoms with Gasteiger partial charge in [0.15, 0.2) is 0 Å². The molecule has 0 aliphatic rings. The Labute approximate surface area is 118 Å². The van der Waals surface area contributed by atoms with Crippen molar-refractivity contribution in [2.75, 3.05) is 17.2 Å². The zero-order valence-corrected chi connectivity index (χ0v) is 11.7. The number of hydrogen-bond acceptors (Lipinski definition) is 4. The van der Waals surface area contributed by atoms with Crippen LogP contribution in [0.2, 0.25) is 0 Å². The van der Waals surface area contributed by atoms with Crippen LogP contribution in [0.25, 0.3) is 0 Å². The predicted octanol–water partition coefficient (Wildman–Crippen LogP) is 2.86. The van der Waals surface area contributed by atoms with Crippen molar-refractivity contribution < 1.29 is 4.79 Å². The SMILES string of the molecule is CCCNc1cc(C(=O)Nc2ccccc2)nc(C)n1. The molecule has 104 valence electrons. The molecular formula is C15H18N4O. The van der Waals surface area contributed by atoms with Gasteiger partial charge in [-0.3, -0.25) is 4.79 Å². The predicted molar refractivity (Wildman–Crippen MR) is 79.9 cm³/mol. The lowest BCUT2D eigenvalue weighted by atomic mass is 10.3. The first-order valence-corrected chi connectivity index (χ1v) is 6.65. The average molecular weight is 270 g/mol. The number of benzene rings is 1. The number of nitrogens with zero attached hydrogens (tertiary/aromatic N) is 2. The summed E-state index contributed by atoms with van der Waals surface area (Å²) in [6, 6.07) is 11.0. The minimum atomic E-state index is -0.235. The van der Waals surface area contributed by atoms with Gasteiger partial charge in [-0.1, -0.05) is 25.1 Å². The molecule has 20 heavy (non-hydrogen) atoms. The first kappa shape index (κ1) is 14.0. The van der Waals surface area contributed by atoms with E-state index < -0.39 is 0 Å². The molecular weight excluding hydrogens is 252 g/mol. The molecule has 0 atom stereocenters. The maximum atomic E-state index is 12.2. The molecule has 2 aromatic rings. The molecule has 2 N–H and O–H groups in total. The van der Waals surface area contributed by atoms with Crippen LogP contribution < -0.4 is 10.6 Å². The van der Waals surface area contributed by atoms with Crippen LogP contribution in [0.5, 0.6) is 0 Å². The third kappa shape index (κ3) is 3.78. The summed E-state index contributed by atoms with van der Waals surface area (Å²) in [5, 5.41) is 5.97. The number of anilines is 2.